The van der Waals surface area contributed by atoms with Crippen LogP contribution in [0.4, 0.5) is 4.79 Å². The molecular weight excluding hydrogens is 268 g/mol. The average molecular weight is 292 g/mol. The molecule has 5 nitrogen and oxygen atoms in total. The smallest absolute Gasteiger partial charge is 0.317 e. The zero-order chi connectivity index (χ0) is 15.1. The maximum atomic E-state index is 12.0. The molecule has 1 aliphatic heterocycles. The number of rotatable bonds is 5. The third kappa shape index (κ3) is 4.36. The Bertz CT molecular complexity index is 457. The SMILES string of the molecule is COCCNC(=O)N1CCC(c2cccc(OC)c2)CC1. The van der Waals surface area contributed by atoms with Crippen LogP contribution in [0.2, 0.25) is 0 Å². The van der Waals surface area contributed by atoms with Crippen molar-refractivity contribution in [1.82, 2.24) is 10.2 Å². The van der Waals surface area contributed by atoms with Gasteiger partial charge in [-0.1, -0.05) is 12.1 Å². The molecule has 1 fully saturated rings. The minimum Gasteiger partial charge on any atom is -0.497 e. The molecule has 1 heterocycles. The van der Waals surface area contributed by atoms with Gasteiger partial charge in [-0.25, -0.2) is 4.79 Å². The van der Waals surface area contributed by atoms with Crippen molar-refractivity contribution in [2.45, 2.75) is 18.8 Å². The minimum atomic E-state index is 0.0103. The van der Waals surface area contributed by atoms with E-state index in [4.69, 9.17) is 9.47 Å². The first kappa shape index (κ1) is 15.6. The van der Waals surface area contributed by atoms with Crippen molar-refractivity contribution in [2.24, 2.45) is 0 Å². The van der Waals surface area contributed by atoms with Gasteiger partial charge in [0.15, 0.2) is 0 Å². The second-order valence-electron chi connectivity index (χ2n) is 5.26. The number of carbonyl (C=O) groups is 1. The highest BCUT2D eigenvalue weighted by atomic mass is 16.5. The van der Waals surface area contributed by atoms with Gasteiger partial charge in [0.05, 0.1) is 13.7 Å². The first-order valence-electron chi connectivity index (χ1n) is 7.40. The highest BCUT2D eigenvalue weighted by Gasteiger charge is 2.23. The van der Waals surface area contributed by atoms with Gasteiger partial charge in [-0.2, -0.15) is 0 Å². The summed E-state index contributed by atoms with van der Waals surface area (Å²) in [4.78, 5) is 13.8. The van der Waals surface area contributed by atoms with Gasteiger partial charge in [0, 0.05) is 26.7 Å². The molecule has 0 saturated carbocycles. The summed E-state index contributed by atoms with van der Waals surface area (Å²) in [6.45, 7) is 2.69. The number of amides is 2. The van der Waals surface area contributed by atoms with Gasteiger partial charge < -0.3 is 19.7 Å². The third-order valence-electron chi connectivity index (χ3n) is 3.93. The average Bonchev–Trinajstić information content (AvgIpc) is 2.55. The lowest BCUT2D eigenvalue weighted by molar-refractivity contribution is 0.169. The summed E-state index contributed by atoms with van der Waals surface area (Å²) < 4.78 is 10.2. The Kier molecular flexibility index (Phi) is 5.87. The topological polar surface area (TPSA) is 50.8 Å². The van der Waals surface area contributed by atoms with Crippen molar-refractivity contribution in [3.8, 4) is 5.75 Å². The van der Waals surface area contributed by atoms with Crippen LogP contribution < -0.4 is 10.1 Å². The van der Waals surface area contributed by atoms with Crippen LogP contribution in [0.1, 0.15) is 24.3 Å². The van der Waals surface area contributed by atoms with E-state index in [0.29, 0.717) is 19.1 Å². The van der Waals surface area contributed by atoms with Crippen LogP contribution in [0.3, 0.4) is 0 Å². The number of nitrogens with one attached hydrogen (secondary N) is 1. The molecule has 1 aliphatic rings. The van der Waals surface area contributed by atoms with Gasteiger partial charge in [0.25, 0.3) is 0 Å². The number of ether oxygens (including phenoxy) is 2. The van der Waals surface area contributed by atoms with Crippen LogP contribution in [-0.4, -0.2) is 51.4 Å². The van der Waals surface area contributed by atoms with Gasteiger partial charge in [0.1, 0.15) is 5.75 Å². The predicted octanol–water partition coefficient (Wildman–Crippen LogP) is 2.23. The summed E-state index contributed by atoms with van der Waals surface area (Å²) in [5.41, 5.74) is 1.30. The van der Waals surface area contributed by atoms with Crippen molar-refractivity contribution >= 4 is 6.03 Å². The van der Waals surface area contributed by atoms with E-state index in [-0.39, 0.29) is 6.03 Å². The van der Waals surface area contributed by atoms with Crippen LogP contribution >= 0.6 is 0 Å². The quantitative estimate of drug-likeness (QED) is 0.847. The fraction of sp³-hybridized carbons (Fsp3) is 0.562. The number of benzene rings is 1. The number of urea groups is 1. The van der Waals surface area contributed by atoms with E-state index >= 15 is 0 Å². The molecule has 1 aromatic carbocycles. The minimum absolute atomic E-state index is 0.0103. The maximum Gasteiger partial charge on any atom is 0.317 e. The number of hydrogen-bond acceptors (Lipinski definition) is 3. The Morgan fingerprint density at radius 2 is 2.10 bits per heavy atom. The highest BCUT2D eigenvalue weighted by molar-refractivity contribution is 5.74. The number of likely N-dealkylation sites (tertiary alicyclic amines) is 1. The molecule has 0 unspecified atom stereocenters. The largest absolute Gasteiger partial charge is 0.497 e. The standard InChI is InChI=1S/C16H24N2O3/c1-20-11-8-17-16(19)18-9-6-13(7-10-18)14-4-3-5-15(12-14)21-2/h3-5,12-13H,6-11H2,1-2H3,(H,17,19). The fourth-order valence-corrected chi connectivity index (χ4v) is 2.68. The van der Waals surface area contributed by atoms with Crippen molar-refractivity contribution in [3.63, 3.8) is 0 Å². The van der Waals surface area contributed by atoms with Crippen LogP contribution in [0, 0.1) is 0 Å². The molecule has 1 aromatic rings. The molecule has 0 aromatic heterocycles. The second-order valence-corrected chi connectivity index (χ2v) is 5.26. The third-order valence-corrected chi connectivity index (χ3v) is 3.93. The summed E-state index contributed by atoms with van der Waals surface area (Å²) in [5.74, 6) is 1.40. The van der Waals surface area contributed by atoms with E-state index < -0.39 is 0 Å². The van der Waals surface area contributed by atoms with Crippen molar-refractivity contribution < 1.29 is 14.3 Å². The van der Waals surface area contributed by atoms with E-state index in [1.54, 1.807) is 14.2 Å². The maximum absolute atomic E-state index is 12.0. The van der Waals surface area contributed by atoms with Crippen molar-refractivity contribution in [1.29, 1.82) is 0 Å². The lowest BCUT2D eigenvalue weighted by atomic mass is 9.89. The van der Waals surface area contributed by atoms with E-state index in [1.165, 1.54) is 5.56 Å². The number of piperidine rings is 1. The molecule has 21 heavy (non-hydrogen) atoms. The van der Waals surface area contributed by atoms with Crippen molar-refractivity contribution in [2.75, 3.05) is 40.5 Å². The molecule has 2 amide bonds. The van der Waals surface area contributed by atoms with Crippen LogP contribution in [0.15, 0.2) is 24.3 Å². The molecule has 0 spiro atoms. The lowest BCUT2D eigenvalue weighted by Crippen LogP contribution is -2.44. The molecule has 5 heteroatoms. The Labute approximate surface area is 126 Å². The molecule has 0 radical (unpaired) electrons. The Hall–Kier alpha value is -1.75. The van der Waals surface area contributed by atoms with Crippen LogP contribution in [-0.2, 0) is 4.74 Å². The number of carbonyl (C=O) groups excluding carboxylic acids is 1. The summed E-state index contributed by atoms with van der Waals surface area (Å²) in [5, 5.41) is 2.87. The molecular formula is C16H24N2O3. The molecule has 1 N–H and O–H groups in total. The zero-order valence-electron chi connectivity index (χ0n) is 12.8. The summed E-state index contributed by atoms with van der Waals surface area (Å²) in [6, 6.07) is 8.23. The van der Waals surface area contributed by atoms with Gasteiger partial charge in [-0.15, -0.1) is 0 Å². The number of hydrogen-bond donors (Lipinski definition) is 1. The highest BCUT2D eigenvalue weighted by Crippen LogP contribution is 2.29. The predicted molar refractivity (Wildman–Crippen MR) is 81.8 cm³/mol. The Morgan fingerprint density at radius 1 is 1.33 bits per heavy atom. The second kappa shape index (κ2) is 7.88. The van der Waals surface area contributed by atoms with E-state index in [2.05, 4.69) is 17.4 Å². The van der Waals surface area contributed by atoms with E-state index in [0.717, 1.165) is 31.7 Å². The molecule has 1 saturated heterocycles. The molecule has 0 aliphatic carbocycles. The van der Waals surface area contributed by atoms with Crippen LogP contribution in [0.5, 0.6) is 5.75 Å². The molecule has 0 atom stereocenters. The monoisotopic (exact) mass is 292 g/mol. The molecule has 116 valence electrons. The zero-order valence-corrected chi connectivity index (χ0v) is 12.8. The normalized spacial score (nSPS) is 15.8. The van der Waals surface area contributed by atoms with E-state index in [9.17, 15) is 4.79 Å². The first-order chi connectivity index (χ1) is 10.2. The number of methoxy groups -OCH3 is 2. The van der Waals surface area contributed by atoms with Gasteiger partial charge in [-0.3, -0.25) is 0 Å². The van der Waals surface area contributed by atoms with Crippen LogP contribution in [0.25, 0.3) is 0 Å². The Morgan fingerprint density at radius 3 is 2.76 bits per heavy atom. The first-order valence-corrected chi connectivity index (χ1v) is 7.40. The number of nitrogens with zero attached hydrogens (tertiary/aromatic N) is 1. The lowest BCUT2D eigenvalue weighted by Gasteiger charge is -2.32. The van der Waals surface area contributed by atoms with Gasteiger partial charge in [-0.05, 0) is 36.5 Å². The fourth-order valence-electron chi connectivity index (χ4n) is 2.68. The van der Waals surface area contributed by atoms with E-state index in [1.807, 2.05) is 17.0 Å². The van der Waals surface area contributed by atoms with Gasteiger partial charge >= 0.3 is 6.03 Å². The Balaban J connectivity index is 1.83. The summed E-state index contributed by atoms with van der Waals surface area (Å²) in [6.07, 6.45) is 1.98. The summed E-state index contributed by atoms with van der Waals surface area (Å²) >= 11 is 0. The molecule has 2 rings (SSSR count). The molecule has 0 bridgehead atoms. The van der Waals surface area contributed by atoms with Gasteiger partial charge in [0.2, 0.25) is 0 Å². The summed E-state index contributed by atoms with van der Waals surface area (Å²) in [7, 11) is 3.32. The van der Waals surface area contributed by atoms with Crippen molar-refractivity contribution in [3.05, 3.63) is 29.8 Å².